The van der Waals surface area contributed by atoms with Crippen molar-refractivity contribution in [1.82, 2.24) is 4.90 Å². The molecule has 1 aromatic carbocycles. The summed E-state index contributed by atoms with van der Waals surface area (Å²) in [5, 5.41) is 10.4. The average molecular weight is 261 g/mol. The van der Waals surface area contributed by atoms with Gasteiger partial charge >= 0.3 is 0 Å². The summed E-state index contributed by atoms with van der Waals surface area (Å²) in [4.78, 5) is 2.41. The summed E-state index contributed by atoms with van der Waals surface area (Å²) in [5.74, 6) is 0.758. The van der Waals surface area contributed by atoms with Gasteiger partial charge in [0, 0.05) is 19.1 Å². The zero-order chi connectivity index (χ0) is 13.8. The molecule has 1 heterocycles. The van der Waals surface area contributed by atoms with Crippen LogP contribution in [0.4, 0.5) is 0 Å². The first-order valence-corrected chi connectivity index (χ1v) is 7.61. The van der Waals surface area contributed by atoms with E-state index in [9.17, 15) is 5.11 Å². The Balaban J connectivity index is 1.94. The van der Waals surface area contributed by atoms with Crippen LogP contribution in [-0.2, 0) is 6.42 Å². The van der Waals surface area contributed by atoms with Gasteiger partial charge in [0.25, 0.3) is 0 Å². The Hall–Kier alpha value is -0.860. The Morgan fingerprint density at radius 1 is 1.26 bits per heavy atom. The number of aliphatic hydroxyl groups is 1. The molecule has 19 heavy (non-hydrogen) atoms. The zero-order valence-corrected chi connectivity index (χ0v) is 12.5. The quantitative estimate of drug-likeness (QED) is 0.878. The maximum atomic E-state index is 10.4. The first-order valence-electron chi connectivity index (χ1n) is 7.61. The Morgan fingerprint density at radius 2 is 1.95 bits per heavy atom. The van der Waals surface area contributed by atoms with Crippen LogP contribution >= 0.6 is 0 Å². The first kappa shape index (κ1) is 14.5. The van der Waals surface area contributed by atoms with E-state index in [1.807, 2.05) is 0 Å². The van der Waals surface area contributed by atoms with Crippen LogP contribution < -0.4 is 0 Å². The fraction of sp³-hybridized carbons (Fsp3) is 0.647. The van der Waals surface area contributed by atoms with Gasteiger partial charge in [-0.25, -0.2) is 0 Å². The number of aryl methyl sites for hydroxylation is 1. The van der Waals surface area contributed by atoms with Crippen LogP contribution in [0.2, 0.25) is 0 Å². The number of benzene rings is 1. The zero-order valence-electron chi connectivity index (χ0n) is 12.5. The summed E-state index contributed by atoms with van der Waals surface area (Å²) in [7, 11) is 0. The van der Waals surface area contributed by atoms with Crippen LogP contribution in [0.15, 0.2) is 24.3 Å². The third-order valence-corrected chi connectivity index (χ3v) is 4.22. The van der Waals surface area contributed by atoms with Crippen molar-refractivity contribution in [2.24, 2.45) is 5.92 Å². The molecule has 3 unspecified atom stereocenters. The summed E-state index contributed by atoms with van der Waals surface area (Å²) in [6, 6.07) is 9.07. The van der Waals surface area contributed by atoms with Gasteiger partial charge in [-0.05, 0) is 36.8 Å². The molecule has 3 atom stereocenters. The molecule has 1 fully saturated rings. The predicted molar refractivity (Wildman–Crippen MR) is 80.2 cm³/mol. The molecule has 2 nitrogen and oxygen atoms in total. The van der Waals surface area contributed by atoms with E-state index >= 15 is 0 Å². The average Bonchev–Trinajstić information content (AvgIpc) is 2.69. The highest BCUT2D eigenvalue weighted by atomic mass is 16.3. The van der Waals surface area contributed by atoms with Gasteiger partial charge in [0.15, 0.2) is 0 Å². The number of nitrogens with zero attached hydrogens (tertiary/aromatic N) is 1. The van der Waals surface area contributed by atoms with Gasteiger partial charge in [0.1, 0.15) is 0 Å². The van der Waals surface area contributed by atoms with Crippen molar-refractivity contribution in [2.45, 2.75) is 52.2 Å². The van der Waals surface area contributed by atoms with E-state index in [4.69, 9.17) is 0 Å². The molecule has 0 bridgehead atoms. The van der Waals surface area contributed by atoms with Crippen LogP contribution in [0, 0.1) is 5.92 Å². The molecule has 1 aliphatic heterocycles. The van der Waals surface area contributed by atoms with E-state index in [-0.39, 0.29) is 6.10 Å². The second kappa shape index (κ2) is 6.53. The van der Waals surface area contributed by atoms with Crippen molar-refractivity contribution in [3.05, 3.63) is 35.4 Å². The number of β-amino-alcohol motifs (C(OH)–C–C–N with tert-alkyl or cyclic N) is 1. The highest BCUT2D eigenvalue weighted by Gasteiger charge is 2.27. The number of likely N-dealkylation sites (tertiary alicyclic amines) is 1. The lowest BCUT2D eigenvalue weighted by molar-refractivity contribution is 0.109. The highest BCUT2D eigenvalue weighted by molar-refractivity contribution is 5.24. The minimum atomic E-state index is -0.358. The minimum absolute atomic E-state index is 0.358. The highest BCUT2D eigenvalue weighted by Crippen LogP contribution is 2.25. The number of hydrogen-bond acceptors (Lipinski definition) is 2. The van der Waals surface area contributed by atoms with Gasteiger partial charge in [0.2, 0.25) is 0 Å². The Labute approximate surface area is 117 Å². The summed E-state index contributed by atoms with van der Waals surface area (Å²) in [6.45, 7) is 8.63. The summed E-state index contributed by atoms with van der Waals surface area (Å²) < 4.78 is 0. The van der Waals surface area contributed by atoms with Gasteiger partial charge in [0.05, 0.1) is 6.10 Å². The monoisotopic (exact) mass is 261 g/mol. The largest absolute Gasteiger partial charge is 0.387 e. The van der Waals surface area contributed by atoms with Gasteiger partial charge < -0.3 is 5.11 Å². The lowest BCUT2D eigenvalue weighted by Gasteiger charge is -2.24. The van der Waals surface area contributed by atoms with Crippen LogP contribution in [0.5, 0.6) is 0 Å². The van der Waals surface area contributed by atoms with Crippen molar-refractivity contribution < 1.29 is 5.11 Å². The summed E-state index contributed by atoms with van der Waals surface area (Å²) in [6.07, 6.45) is 3.19. The van der Waals surface area contributed by atoms with Gasteiger partial charge in [-0.3, -0.25) is 4.90 Å². The normalized spacial score (nSPS) is 25.7. The molecule has 106 valence electrons. The molecule has 0 amide bonds. The molecular weight excluding hydrogens is 234 g/mol. The van der Waals surface area contributed by atoms with Crippen LogP contribution in [-0.4, -0.2) is 29.1 Å². The first-order chi connectivity index (χ1) is 9.10. The SMILES string of the molecule is CCCc1ccc(C(O)CN2CC(C)CC2C)cc1. The fourth-order valence-corrected chi connectivity index (χ4v) is 3.16. The third-order valence-electron chi connectivity index (χ3n) is 4.22. The maximum absolute atomic E-state index is 10.4. The van der Waals surface area contributed by atoms with Crippen LogP contribution in [0.3, 0.4) is 0 Å². The van der Waals surface area contributed by atoms with E-state index < -0.39 is 0 Å². The van der Waals surface area contributed by atoms with Crippen molar-refractivity contribution in [3.63, 3.8) is 0 Å². The van der Waals surface area contributed by atoms with Crippen molar-refractivity contribution in [1.29, 1.82) is 0 Å². The van der Waals surface area contributed by atoms with Crippen molar-refractivity contribution in [3.8, 4) is 0 Å². The molecular formula is C17H27NO. The summed E-state index contributed by atoms with van der Waals surface area (Å²) in [5.41, 5.74) is 2.41. The molecule has 1 N–H and O–H groups in total. The third kappa shape index (κ3) is 3.80. The summed E-state index contributed by atoms with van der Waals surface area (Å²) >= 11 is 0. The van der Waals surface area contributed by atoms with Crippen LogP contribution in [0.25, 0.3) is 0 Å². The lowest BCUT2D eigenvalue weighted by Crippen LogP contribution is -2.31. The molecule has 1 saturated heterocycles. The molecule has 2 rings (SSSR count). The van der Waals surface area contributed by atoms with Gasteiger partial charge in [-0.2, -0.15) is 0 Å². The maximum Gasteiger partial charge on any atom is 0.0917 e. The van der Waals surface area contributed by atoms with Crippen LogP contribution in [0.1, 0.15) is 50.8 Å². The van der Waals surface area contributed by atoms with E-state index in [0.29, 0.717) is 6.04 Å². The van der Waals surface area contributed by atoms with E-state index in [0.717, 1.165) is 31.0 Å². The molecule has 0 radical (unpaired) electrons. The van der Waals surface area contributed by atoms with Crippen molar-refractivity contribution >= 4 is 0 Å². The van der Waals surface area contributed by atoms with E-state index in [1.54, 1.807) is 0 Å². The number of rotatable bonds is 5. The number of hydrogen-bond donors (Lipinski definition) is 1. The molecule has 0 aliphatic carbocycles. The molecule has 2 heteroatoms. The molecule has 0 saturated carbocycles. The smallest absolute Gasteiger partial charge is 0.0917 e. The Morgan fingerprint density at radius 3 is 2.47 bits per heavy atom. The topological polar surface area (TPSA) is 23.5 Å². The Kier molecular flexibility index (Phi) is 5.00. The lowest BCUT2D eigenvalue weighted by atomic mass is 10.0. The van der Waals surface area contributed by atoms with E-state index in [1.165, 1.54) is 18.4 Å². The van der Waals surface area contributed by atoms with Gasteiger partial charge in [-0.15, -0.1) is 0 Å². The standard InChI is InChI=1S/C17H27NO/c1-4-5-15-6-8-16(9-7-15)17(19)12-18-11-13(2)10-14(18)3/h6-9,13-14,17,19H,4-5,10-12H2,1-3H3. The second-order valence-electron chi connectivity index (χ2n) is 6.15. The second-order valence-corrected chi connectivity index (χ2v) is 6.15. The van der Waals surface area contributed by atoms with Gasteiger partial charge in [-0.1, -0.05) is 44.5 Å². The number of aliphatic hydroxyl groups excluding tert-OH is 1. The fourth-order valence-electron chi connectivity index (χ4n) is 3.16. The molecule has 1 aromatic rings. The predicted octanol–water partition coefficient (Wildman–Crippen LogP) is 3.40. The molecule has 0 spiro atoms. The van der Waals surface area contributed by atoms with Crippen molar-refractivity contribution in [2.75, 3.05) is 13.1 Å². The Bertz CT molecular complexity index is 387. The molecule has 1 aliphatic rings. The minimum Gasteiger partial charge on any atom is -0.387 e. The molecule has 0 aromatic heterocycles. The van der Waals surface area contributed by atoms with E-state index in [2.05, 4.69) is 49.9 Å².